The van der Waals surface area contributed by atoms with Crippen LogP contribution in [0, 0.1) is 13.8 Å². The first kappa shape index (κ1) is 13.8. The summed E-state index contributed by atoms with van der Waals surface area (Å²) in [6.45, 7) is 7.95. The predicted molar refractivity (Wildman–Crippen MR) is 79.4 cm³/mol. The van der Waals surface area contributed by atoms with E-state index in [-0.39, 0.29) is 11.9 Å². The molecule has 2 nitrogen and oxygen atoms in total. The summed E-state index contributed by atoms with van der Waals surface area (Å²) in [6.07, 6.45) is 0.107. The van der Waals surface area contributed by atoms with E-state index in [9.17, 15) is 4.79 Å². The van der Waals surface area contributed by atoms with E-state index in [0.717, 1.165) is 21.1 Å². The fourth-order valence-electron chi connectivity index (χ4n) is 1.99. The molecule has 0 aliphatic heterocycles. The Morgan fingerprint density at radius 1 is 1.21 bits per heavy atom. The number of carbonyl (C=O) groups excluding carboxylic acids is 1. The van der Waals surface area contributed by atoms with Crippen molar-refractivity contribution in [3.63, 3.8) is 0 Å². The second-order valence-corrected chi connectivity index (χ2v) is 6.31. The van der Waals surface area contributed by atoms with Crippen LogP contribution < -0.4 is 4.74 Å². The highest BCUT2D eigenvalue weighted by molar-refractivity contribution is 7.12. The lowest BCUT2D eigenvalue weighted by atomic mass is 10.0. The Balaban J connectivity index is 2.31. The van der Waals surface area contributed by atoms with Gasteiger partial charge in [-0.1, -0.05) is 12.1 Å². The lowest BCUT2D eigenvalue weighted by molar-refractivity contribution is 0.103. The molecule has 0 unspecified atom stereocenters. The van der Waals surface area contributed by atoms with E-state index < -0.39 is 0 Å². The standard InChI is InChI=1S/C16H18O2S/c1-10(2)18-14-7-5-6-13(9-14)16(17)15-8-11(3)19-12(15)4/h5-10H,1-4H3. The van der Waals surface area contributed by atoms with E-state index in [1.165, 1.54) is 0 Å². The topological polar surface area (TPSA) is 26.3 Å². The molecule has 0 N–H and O–H groups in total. The number of ketones is 1. The molecular formula is C16H18O2S. The Labute approximate surface area is 118 Å². The van der Waals surface area contributed by atoms with Gasteiger partial charge in [-0.3, -0.25) is 4.79 Å². The highest BCUT2D eigenvalue weighted by Crippen LogP contribution is 2.24. The zero-order chi connectivity index (χ0) is 14.0. The zero-order valence-electron chi connectivity index (χ0n) is 11.7. The molecular weight excluding hydrogens is 256 g/mol. The highest BCUT2D eigenvalue weighted by atomic mass is 32.1. The first-order chi connectivity index (χ1) is 8.97. The van der Waals surface area contributed by atoms with Crippen molar-refractivity contribution in [3.05, 3.63) is 51.2 Å². The van der Waals surface area contributed by atoms with Gasteiger partial charge < -0.3 is 4.74 Å². The summed E-state index contributed by atoms with van der Waals surface area (Å²) in [7, 11) is 0. The molecule has 0 spiro atoms. The van der Waals surface area contributed by atoms with Gasteiger partial charge in [-0.2, -0.15) is 0 Å². The molecule has 3 heteroatoms. The van der Waals surface area contributed by atoms with Gasteiger partial charge in [0.05, 0.1) is 6.10 Å². The van der Waals surface area contributed by atoms with Crippen molar-refractivity contribution in [2.24, 2.45) is 0 Å². The van der Waals surface area contributed by atoms with Crippen molar-refractivity contribution in [2.75, 3.05) is 0 Å². The minimum Gasteiger partial charge on any atom is -0.491 e. The molecule has 100 valence electrons. The Kier molecular flexibility index (Phi) is 4.05. The number of hydrogen-bond donors (Lipinski definition) is 0. The van der Waals surface area contributed by atoms with Crippen LogP contribution in [0.2, 0.25) is 0 Å². The van der Waals surface area contributed by atoms with Crippen molar-refractivity contribution < 1.29 is 9.53 Å². The average molecular weight is 274 g/mol. The molecule has 0 amide bonds. The Morgan fingerprint density at radius 3 is 2.53 bits per heavy atom. The summed E-state index contributed by atoms with van der Waals surface area (Å²) in [5.74, 6) is 0.807. The van der Waals surface area contributed by atoms with E-state index in [4.69, 9.17) is 4.74 Å². The predicted octanol–water partition coefficient (Wildman–Crippen LogP) is 4.38. The summed E-state index contributed by atoms with van der Waals surface area (Å²) in [6, 6.07) is 9.34. The molecule has 0 saturated heterocycles. The smallest absolute Gasteiger partial charge is 0.194 e. The fraction of sp³-hybridized carbons (Fsp3) is 0.312. The van der Waals surface area contributed by atoms with Crippen LogP contribution in [-0.2, 0) is 0 Å². The number of thiophene rings is 1. The van der Waals surface area contributed by atoms with Gasteiger partial charge in [0.25, 0.3) is 0 Å². The number of ether oxygens (including phenoxy) is 1. The Bertz CT molecular complexity index is 597. The summed E-state index contributed by atoms with van der Waals surface area (Å²) in [5.41, 5.74) is 1.48. The van der Waals surface area contributed by atoms with E-state index in [1.807, 2.05) is 58.0 Å². The van der Waals surface area contributed by atoms with Gasteiger partial charge in [-0.05, 0) is 45.9 Å². The van der Waals surface area contributed by atoms with Crippen molar-refractivity contribution in [1.82, 2.24) is 0 Å². The maximum atomic E-state index is 12.5. The molecule has 2 aromatic rings. The van der Waals surface area contributed by atoms with Gasteiger partial charge in [0, 0.05) is 20.9 Å². The first-order valence-electron chi connectivity index (χ1n) is 6.36. The quantitative estimate of drug-likeness (QED) is 0.773. The van der Waals surface area contributed by atoms with Crippen LogP contribution in [0.3, 0.4) is 0 Å². The molecule has 0 aliphatic rings. The molecule has 0 atom stereocenters. The molecule has 1 aromatic carbocycles. The van der Waals surface area contributed by atoms with Gasteiger partial charge in [0.15, 0.2) is 5.78 Å². The molecule has 19 heavy (non-hydrogen) atoms. The molecule has 0 fully saturated rings. The normalized spacial score (nSPS) is 10.8. The lowest BCUT2D eigenvalue weighted by Crippen LogP contribution is -2.07. The summed E-state index contributed by atoms with van der Waals surface area (Å²) in [5, 5.41) is 0. The summed E-state index contributed by atoms with van der Waals surface area (Å²) < 4.78 is 5.63. The number of benzene rings is 1. The first-order valence-corrected chi connectivity index (χ1v) is 7.17. The van der Waals surface area contributed by atoms with Crippen LogP contribution in [0.1, 0.15) is 39.5 Å². The minimum atomic E-state index is 0.0658. The Morgan fingerprint density at radius 2 is 1.95 bits per heavy atom. The third-order valence-electron chi connectivity index (χ3n) is 2.75. The van der Waals surface area contributed by atoms with Gasteiger partial charge >= 0.3 is 0 Å². The van der Waals surface area contributed by atoms with Crippen molar-refractivity contribution in [1.29, 1.82) is 0 Å². The van der Waals surface area contributed by atoms with Crippen LogP contribution in [-0.4, -0.2) is 11.9 Å². The van der Waals surface area contributed by atoms with Crippen LogP contribution in [0.25, 0.3) is 0 Å². The molecule has 0 aliphatic carbocycles. The van der Waals surface area contributed by atoms with Crippen LogP contribution in [0.5, 0.6) is 5.75 Å². The van der Waals surface area contributed by atoms with Crippen LogP contribution >= 0.6 is 11.3 Å². The summed E-state index contributed by atoms with van der Waals surface area (Å²) >= 11 is 1.65. The maximum Gasteiger partial charge on any atom is 0.194 e. The van der Waals surface area contributed by atoms with E-state index in [2.05, 4.69) is 0 Å². The number of carbonyl (C=O) groups is 1. The largest absolute Gasteiger partial charge is 0.491 e. The van der Waals surface area contributed by atoms with E-state index in [1.54, 1.807) is 11.3 Å². The van der Waals surface area contributed by atoms with E-state index >= 15 is 0 Å². The second-order valence-electron chi connectivity index (χ2n) is 4.85. The zero-order valence-corrected chi connectivity index (χ0v) is 12.5. The van der Waals surface area contributed by atoms with Gasteiger partial charge in [-0.25, -0.2) is 0 Å². The van der Waals surface area contributed by atoms with Crippen LogP contribution in [0.4, 0.5) is 0 Å². The van der Waals surface area contributed by atoms with Crippen molar-refractivity contribution in [3.8, 4) is 5.75 Å². The monoisotopic (exact) mass is 274 g/mol. The molecule has 1 heterocycles. The molecule has 0 radical (unpaired) electrons. The lowest BCUT2D eigenvalue weighted by Gasteiger charge is -2.10. The van der Waals surface area contributed by atoms with Gasteiger partial charge in [0.1, 0.15) is 5.75 Å². The van der Waals surface area contributed by atoms with Crippen molar-refractivity contribution in [2.45, 2.75) is 33.8 Å². The van der Waals surface area contributed by atoms with Gasteiger partial charge in [0.2, 0.25) is 0 Å². The SMILES string of the molecule is Cc1cc(C(=O)c2cccc(OC(C)C)c2)c(C)s1. The molecule has 2 rings (SSSR count). The summed E-state index contributed by atoms with van der Waals surface area (Å²) in [4.78, 5) is 14.7. The Hall–Kier alpha value is -1.61. The molecule has 1 aromatic heterocycles. The fourth-order valence-corrected chi connectivity index (χ4v) is 2.92. The third kappa shape index (κ3) is 3.24. The van der Waals surface area contributed by atoms with Gasteiger partial charge in [-0.15, -0.1) is 11.3 Å². The third-order valence-corrected chi connectivity index (χ3v) is 3.72. The minimum absolute atomic E-state index is 0.0658. The molecule has 0 bridgehead atoms. The van der Waals surface area contributed by atoms with Crippen LogP contribution in [0.15, 0.2) is 30.3 Å². The van der Waals surface area contributed by atoms with E-state index in [0.29, 0.717) is 5.56 Å². The number of hydrogen-bond acceptors (Lipinski definition) is 3. The highest BCUT2D eigenvalue weighted by Gasteiger charge is 2.14. The average Bonchev–Trinajstić information content (AvgIpc) is 2.67. The second kappa shape index (κ2) is 5.57. The number of rotatable bonds is 4. The maximum absolute atomic E-state index is 12.5. The number of aryl methyl sites for hydroxylation is 2. The van der Waals surface area contributed by atoms with Crippen molar-refractivity contribution >= 4 is 17.1 Å². The molecule has 0 saturated carbocycles.